The second-order valence-electron chi connectivity index (χ2n) is 8.90. The molecule has 0 aromatic heterocycles. The van der Waals surface area contributed by atoms with Gasteiger partial charge in [-0.15, -0.1) is 0 Å². The minimum absolute atomic E-state index is 0.186. The first-order chi connectivity index (χ1) is 16.4. The summed E-state index contributed by atoms with van der Waals surface area (Å²) < 4.78 is 23.4. The van der Waals surface area contributed by atoms with Gasteiger partial charge in [0.2, 0.25) is 5.78 Å². The molecule has 0 atom stereocenters. The summed E-state index contributed by atoms with van der Waals surface area (Å²) in [6.45, 7) is 4.03. The number of ether oxygens (including phenoxy) is 4. The molecule has 0 unspecified atom stereocenters. The molecular formula is C28H30O6. The molecule has 0 radical (unpaired) electrons. The van der Waals surface area contributed by atoms with Gasteiger partial charge in [0.1, 0.15) is 35.2 Å². The highest BCUT2D eigenvalue weighted by atomic mass is 16.5. The summed E-state index contributed by atoms with van der Waals surface area (Å²) in [5.74, 6) is 2.04. The SMILES string of the molecule is COc1ccc(C(=O)COc2c(CO)ccc3c2CCC(C)(C)O3)c(OCc2ccccc2)c1. The van der Waals surface area contributed by atoms with Crippen molar-refractivity contribution in [2.45, 2.75) is 45.5 Å². The molecule has 1 aliphatic rings. The normalized spacial score (nSPS) is 14.0. The van der Waals surface area contributed by atoms with E-state index < -0.39 is 0 Å². The number of benzene rings is 3. The number of hydrogen-bond acceptors (Lipinski definition) is 6. The highest BCUT2D eigenvalue weighted by molar-refractivity contribution is 6.00. The topological polar surface area (TPSA) is 74.2 Å². The molecule has 178 valence electrons. The molecule has 6 nitrogen and oxygen atoms in total. The number of fused-ring (bicyclic) bond motifs is 1. The number of carbonyl (C=O) groups excluding carboxylic acids is 1. The molecule has 0 bridgehead atoms. The van der Waals surface area contributed by atoms with Gasteiger partial charge >= 0.3 is 0 Å². The smallest absolute Gasteiger partial charge is 0.203 e. The van der Waals surface area contributed by atoms with Crippen LogP contribution in [0.2, 0.25) is 0 Å². The first-order valence-corrected chi connectivity index (χ1v) is 11.4. The zero-order valence-electron chi connectivity index (χ0n) is 19.8. The van der Waals surface area contributed by atoms with Crippen molar-refractivity contribution in [1.29, 1.82) is 0 Å². The minimum atomic E-state index is -0.269. The Morgan fingerprint density at radius 1 is 1.06 bits per heavy atom. The van der Waals surface area contributed by atoms with Crippen LogP contribution in [0.3, 0.4) is 0 Å². The van der Waals surface area contributed by atoms with Crippen molar-refractivity contribution in [3.8, 4) is 23.0 Å². The first kappa shape index (κ1) is 23.6. The van der Waals surface area contributed by atoms with Gasteiger partial charge in [-0.1, -0.05) is 30.3 Å². The highest BCUT2D eigenvalue weighted by Gasteiger charge is 2.30. The lowest BCUT2D eigenvalue weighted by atomic mass is 9.92. The van der Waals surface area contributed by atoms with Gasteiger partial charge in [0.25, 0.3) is 0 Å². The highest BCUT2D eigenvalue weighted by Crippen LogP contribution is 2.40. The van der Waals surface area contributed by atoms with Gasteiger partial charge in [-0.3, -0.25) is 4.79 Å². The molecule has 0 aliphatic carbocycles. The second-order valence-corrected chi connectivity index (χ2v) is 8.90. The Balaban J connectivity index is 1.54. The van der Waals surface area contributed by atoms with Gasteiger partial charge in [-0.2, -0.15) is 0 Å². The van der Waals surface area contributed by atoms with Crippen LogP contribution in [0.1, 0.15) is 47.3 Å². The summed E-state index contributed by atoms with van der Waals surface area (Å²) in [6.07, 6.45) is 1.56. The number of Topliss-reactive ketones (excluding diaryl/α,β-unsaturated/α-hetero) is 1. The van der Waals surface area contributed by atoms with E-state index in [9.17, 15) is 9.90 Å². The summed E-state index contributed by atoms with van der Waals surface area (Å²) in [7, 11) is 1.57. The average Bonchev–Trinajstić information content (AvgIpc) is 2.85. The van der Waals surface area contributed by atoms with Crippen LogP contribution in [0.25, 0.3) is 0 Å². The predicted octanol–water partition coefficient (Wildman–Crippen LogP) is 5.13. The number of methoxy groups -OCH3 is 1. The average molecular weight is 463 g/mol. The fourth-order valence-electron chi connectivity index (χ4n) is 4.00. The molecule has 3 aromatic rings. The lowest BCUT2D eigenvalue weighted by Crippen LogP contribution is -2.33. The fraction of sp³-hybridized carbons (Fsp3) is 0.321. The quantitative estimate of drug-likeness (QED) is 0.444. The van der Waals surface area contributed by atoms with Crippen molar-refractivity contribution in [3.05, 3.63) is 82.9 Å². The van der Waals surface area contributed by atoms with Gasteiger partial charge < -0.3 is 24.1 Å². The van der Waals surface area contributed by atoms with Crippen molar-refractivity contribution in [2.24, 2.45) is 0 Å². The molecule has 1 aliphatic heterocycles. The zero-order valence-corrected chi connectivity index (χ0v) is 19.8. The lowest BCUT2D eigenvalue weighted by molar-refractivity contribution is 0.0812. The van der Waals surface area contributed by atoms with E-state index >= 15 is 0 Å². The molecule has 0 fully saturated rings. The van der Waals surface area contributed by atoms with Crippen LogP contribution in [0.15, 0.2) is 60.7 Å². The maximum atomic E-state index is 13.2. The molecule has 0 spiro atoms. The molecule has 3 aromatic carbocycles. The Hall–Kier alpha value is -3.51. The zero-order chi connectivity index (χ0) is 24.1. The van der Waals surface area contributed by atoms with Crippen LogP contribution in [-0.4, -0.2) is 30.2 Å². The fourth-order valence-corrected chi connectivity index (χ4v) is 4.00. The van der Waals surface area contributed by atoms with Crippen LogP contribution >= 0.6 is 0 Å². The molecule has 0 saturated carbocycles. The third kappa shape index (κ3) is 5.34. The molecular weight excluding hydrogens is 432 g/mol. The molecule has 1 heterocycles. The van der Waals surface area contributed by atoms with E-state index in [1.165, 1.54) is 0 Å². The summed E-state index contributed by atoms with van der Waals surface area (Å²) >= 11 is 0. The standard InChI is InChI=1S/C28H30O6/c1-28(2)14-13-23-25(34-28)12-9-20(16-29)27(23)33-18-24(30)22-11-10-21(31-3)15-26(22)32-17-19-7-5-4-6-8-19/h4-12,15,29H,13-14,16-18H2,1-3H3. The van der Waals surface area contributed by atoms with E-state index in [4.69, 9.17) is 18.9 Å². The van der Waals surface area contributed by atoms with Gasteiger partial charge in [-0.25, -0.2) is 0 Å². The van der Waals surface area contributed by atoms with Crippen LogP contribution in [-0.2, 0) is 19.6 Å². The monoisotopic (exact) mass is 462 g/mol. The van der Waals surface area contributed by atoms with E-state index in [1.54, 1.807) is 31.4 Å². The van der Waals surface area contributed by atoms with E-state index in [0.717, 1.165) is 29.7 Å². The third-order valence-corrected chi connectivity index (χ3v) is 5.91. The maximum Gasteiger partial charge on any atom is 0.203 e. The van der Waals surface area contributed by atoms with Gasteiger partial charge in [0.05, 0.1) is 19.3 Å². The lowest BCUT2D eigenvalue weighted by Gasteiger charge is -2.33. The number of aliphatic hydroxyl groups excluding tert-OH is 1. The van der Waals surface area contributed by atoms with Crippen LogP contribution < -0.4 is 18.9 Å². The third-order valence-electron chi connectivity index (χ3n) is 5.91. The Morgan fingerprint density at radius 2 is 1.85 bits per heavy atom. The Labute approximate surface area is 200 Å². The van der Waals surface area contributed by atoms with Crippen molar-refractivity contribution in [1.82, 2.24) is 0 Å². The van der Waals surface area contributed by atoms with Crippen LogP contribution in [0, 0.1) is 0 Å². The summed E-state index contributed by atoms with van der Waals surface area (Å²) in [4.78, 5) is 13.2. The largest absolute Gasteiger partial charge is 0.497 e. The maximum absolute atomic E-state index is 13.2. The summed E-state index contributed by atoms with van der Waals surface area (Å²) in [5.41, 5.74) is 2.64. The molecule has 6 heteroatoms. The van der Waals surface area contributed by atoms with Crippen molar-refractivity contribution < 1.29 is 28.8 Å². The van der Waals surface area contributed by atoms with E-state index in [1.807, 2.05) is 50.2 Å². The van der Waals surface area contributed by atoms with Crippen molar-refractivity contribution >= 4 is 5.78 Å². The van der Waals surface area contributed by atoms with E-state index in [0.29, 0.717) is 35.0 Å². The Bertz CT molecular complexity index is 1150. The summed E-state index contributed by atoms with van der Waals surface area (Å²) in [5, 5.41) is 9.85. The molecule has 0 amide bonds. The van der Waals surface area contributed by atoms with Gasteiger partial charge in [0, 0.05) is 17.2 Å². The Morgan fingerprint density at radius 3 is 2.59 bits per heavy atom. The second kappa shape index (κ2) is 10.2. The van der Waals surface area contributed by atoms with Crippen LogP contribution in [0.4, 0.5) is 0 Å². The predicted molar refractivity (Wildman–Crippen MR) is 129 cm³/mol. The van der Waals surface area contributed by atoms with Gasteiger partial charge in [0.15, 0.2) is 6.61 Å². The van der Waals surface area contributed by atoms with Gasteiger partial charge in [-0.05, 0) is 56.5 Å². The molecule has 34 heavy (non-hydrogen) atoms. The number of rotatable bonds is 9. The molecule has 1 N–H and O–H groups in total. The van der Waals surface area contributed by atoms with Crippen molar-refractivity contribution in [2.75, 3.05) is 13.7 Å². The summed E-state index contributed by atoms with van der Waals surface area (Å²) in [6, 6.07) is 18.5. The minimum Gasteiger partial charge on any atom is -0.497 e. The van der Waals surface area contributed by atoms with E-state index in [-0.39, 0.29) is 24.6 Å². The number of hydrogen-bond donors (Lipinski definition) is 1. The molecule has 4 rings (SSSR count). The number of ketones is 1. The van der Waals surface area contributed by atoms with E-state index in [2.05, 4.69) is 0 Å². The van der Waals surface area contributed by atoms with Crippen LogP contribution in [0.5, 0.6) is 23.0 Å². The number of aliphatic hydroxyl groups is 1. The molecule has 0 saturated heterocycles. The number of carbonyl (C=O) groups is 1. The first-order valence-electron chi connectivity index (χ1n) is 11.4. The van der Waals surface area contributed by atoms with Crippen molar-refractivity contribution in [3.63, 3.8) is 0 Å². The Kier molecular flexibility index (Phi) is 7.08.